The number of fused-ring (bicyclic) bond motifs is 2. The van der Waals surface area contributed by atoms with Crippen LogP contribution in [0, 0.1) is 11.7 Å². The lowest BCUT2D eigenvalue weighted by Gasteiger charge is -2.30. The standard InChI is InChI=1S/C15H19BrFNO/c1-2-18-15(10-4-3-5-12(16)14(10)17)11-8-9-6-7-13(11)19-9/h3-5,9,11,13,15,18H,2,6-8H2,1H3. The Labute approximate surface area is 121 Å². The van der Waals surface area contributed by atoms with E-state index in [1.165, 1.54) is 6.42 Å². The second-order valence-corrected chi connectivity index (χ2v) is 6.31. The molecule has 2 saturated heterocycles. The molecular weight excluding hydrogens is 309 g/mol. The fourth-order valence-corrected chi connectivity index (χ4v) is 3.88. The van der Waals surface area contributed by atoms with Crippen molar-refractivity contribution in [1.29, 1.82) is 0 Å². The maximum atomic E-state index is 14.3. The molecule has 2 aliphatic rings. The van der Waals surface area contributed by atoms with Crippen molar-refractivity contribution in [3.8, 4) is 0 Å². The van der Waals surface area contributed by atoms with Crippen LogP contribution < -0.4 is 5.32 Å². The van der Waals surface area contributed by atoms with Gasteiger partial charge in [0.25, 0.3) is 0 Å². The number of nitrogens with one attached hydrogen (secondary N) is 1. The first-order valence-corrected chi connectivity index (χ1v) is 7.82. The highest BCUT2D eigenvalue weighted by Crippen LogP contribution is 2.45. The molecule has 1 aromatic carbocycles. The Morgan fingerprint density at radius 1 is 1.47 bits per heavy atom. The molecule has 0 saturated carbocycles. The number of rotatable bonds is 4. The molecule has 1 N–H and O–H groups in total. The van der Waals surface area contributed by atoms with Gasteiger partial charge in [-0.05, 0) is 47.8 Å². The van der Waals surface area contributed by atoms with Crippen LogP contribution in [0.1, 0.15) is 37.8 Å². The molecule has 0 spiro atoms. The minimum Gasteiger partial charge on any atom is -0.375 e. The minimum atomic E-state index is -0.142. The lowest BCUT2D eigenvalue weighted by atomic mass is 9.81. The summed E-state index contributed by atoms with van der Waals surface area (Å²) in [5, 5.41) is 3.45. The Morgan fingerprint density at radius 3 is 2.95 bits per heavy atom. The van der Waals surface area contributed by atoms with Gasteiger partial charge >= 0.3 is 0 Å². The van der Waals surface area contributed by atoms with Gasteiger partial charge in [-0.25, -0.2) is 4.39 Å². The molecule has 4 unspecified atom stereocenters. The van der Waals surface area contributed by atoms with E-state index in [1.807, 2.05) is 12.1 Å². The van der Waals surface area contributed by atoms with Crippen LogP contribution in [-0.4, -0.2) is 18.8 Å². The molecule has 2 nitrogen and oxygen atoms in total. The molecule has 1 aromatic rings. The van der Waals surface area contributed by atoms with Crippen LogP contribution in [0.25, 0.3) is 0 Å². The second-order valence-electron chi connectivity index (χ2n) is 5.45. The lowest BCUT2D eigenvalue weighted by Crippen LogP contribution is -2.34. The fraction of sp³-hybridized carbons (Fsp3) is 0.600. The molecule has 4 heteroatoms. The van der Waals surface area contributed by atoms with Crippen molar-refractivity contribution < 1.29 is 9.13 Å². The summed E-state index contributed by atoms with van der Waals surface area (Å²) < 4.78 is 20.8. The molecule has 104 valence electrons. The zero-order valence-corrected chi connectivity index (χ0v) is 12.6. The Balaban J connectivity index is 1.90. The maximum Gasteiger partial charge on any atom is 0.142 e. The van der Waals surface area contributed by atoms with E-state index in [9.17, 15) is 4.39 Å². The Kier molecular flexibility index (Phi) is 3.92. The van der Waals surface area contributed by atoms with Crippen LogP contribution >= 0.6 is 15.9 Å². The van der Waals surface area contributed by atoms with Crippen molar-refractivity contribution in [3.63, 3.8) is 0 Å². The number of ether oxygens (including phenoxy) is 1. The molecule has 2 aliphatic heterocycles. The van der Waals surface area contributed by atoms with Crippen molar-refractivity contribution in [3.05, 3.63) is 34.1 Å². The van der Waals surface area contributed by atoms with Gasteiger partial charge in [0.2, 0.25) is 0 Å². The molecule has 2 heterocycles. The van der Waals surface area contributed by atoms with Crippen LogP contribution in [0.2, 0.25) is 0 Å². The van der Waals surface area contributed by atoms with Gasteiger partial charge in [-0.2, -0.15) is 0 Å². The quantitative estimate of drug-likeness (QED) is 0.908. The Hall–Kier alpha value is -0.450. The summed E-state index contributed by atoms with van der Waals surface area (Å²) in [6, 6.07) is 5.59. The van der Waals surface area contributed by atoms with E-state index in [0.717, 1.165) is 24.9 Å². The van der Waals surface area contributed by atoms with Crippen molar-refractivity contribution in [2.75, 3.05) is 6.54 Å². The van der Waals surface area contributed by atoms with Crippen molar-refractivity contribution in [2.24, 2.45) is 5.92 Å². The van der Waals surface area contributed by atoms with Gasteiger partial charge in [-0.3, -0.25) is 0 Å². The normalized spacial score (nSPS) is 30.8. The maximum absolute atomic E-state index is 14.3. The third-order valence-electron chi connectivity index (χ3n) is 4.32. The molecular formula is C15H19BrFNO. The van der Waals surface area contributed by atoms with Crippen LogP contribution in [-0.2, 0) is 4.74 Å². The summed E-state index contributed by atoms with van der Waals surface area (Å²) in [6.45, 7) is 2.90. The number of hydrogen-bond donors (Lipinski definition) is 1. The zero-order chi connectivity index (χ0) is 13.4. The van der Waals surface area contributed by atoms with E-state index in [-0.39, 0.29) is 11.9 Å². The summed E-state index contributed by atoms with van der Waals surface area (Å²) in [6.07, 6.45) is 4.03. The van der Waals surface area contributed by atoms with E-state index in [1.54, 1.807) is 6.07 Å². The number of benzene rings is 1. The first kappa shape index (κ1) is 13.5. The topological polar surface area (TPSA) is 21.3 Å². The van der Waals surface area contributed by atoms with Crippen molar-refractivity contribution >= 4 is 15.9 Å². The van der Waals surface area contributed by atoms with Crippen LogP contribution in [0.3, 0.4) is 0 Å². The summed E-state index contributed by atoms with van der Waals surface area (Å²) in [5.41, 5.74) is 0.761. The Bertz CT molecular complexity index is 467. The van der Waals surface area contributed by atoms with E-state index >= 15 is 0 Å². The molecule has 0 amide bonds. The predicted molar refractivity (Wildman–Crippen MR) is 76.5 cm³/mol. The van der Waals surface area contributed by atoms with Gasteiger partial charge in [0, 0.05) is 17.5 Å². The predicted octanol–water partition coefficient (Wildman–Crippen LogP) is 3.81. The molecule has 0 aliphatic carbocycles. The first-order valence-electron chi connectivity index (χ1n) is 7.03. The molecule has 4 atom stereocenters. The molecule has 0 radical (unpaired) electrons. The minimum absolute atomic E-state index is 0.0535. The summed E-state index contributed by atoms with van der Waals surface area (Å²) in [7, 11) is 0. The smallest absolute Gasteiger partial charge is 0.142 e. The summed E-state index contributed by atoms with van der Waals surface area (Å²) in [4.78, 5) is 0. The highest BCUT2D eigenvalue weighted by Gasteiger charge is 2.45. The van der Waals surface area contributed by atoms with E-state index < -0.39 is 0 Å². The second kappa shape index (κ2) is 5.51. The Morgan fingerprint density at radius 2 is 2.32 bits per heavy atom. The third-order valence-corrected chi connectivity index (χ3v) is 4.93. The third kappa shape index (κ3) is 2.46. The lowest BCUT2D eigenvalue weighted by molar-refractivity contribution is 0.0855. The molecule has 2 bridgehead atoms. The molecule has 2 fully saturated rings. The molecule has 3 rings (SSSR count). The molecule has 0 aromatic heterocycles. The van der Waals surface area contributed by atoms with E-state index in [4.69, 9.17) is 4.74 Å². The van der Waals surface area contributed by atoms with Crippen molar-refractivity contribution in [1.82, 2.24) is 5.32 Å². The summed E-state index contributed by atoms with van der Waals surface area (Å²) in [5.74, 6) is 0.249. The van der Waals surface area contributed by atoms with E-state index in [2.05, 4.69) is 28.2 Å². The van der Waals surface area contributed by atoms with Gasteiger partial charge in [-0.15, -0.1) is 0 Å². The SMILES string of the molecule is CCNC(c1cccc(Br)c1F)C1CC2CCC1O2. The largest absolute Gasteiger partial charge is 0.375 e. The highest BCUT2D eigenvalue weighted by atomic mass is 79.9. The van der Waals surface area contributed by atoms with Gasteiger partial charge in [-0.1, -0.05) is 19.1 Å². The number of halogens is 2. The van der Waals surface area contributed by atoms with Crippen LogP contribution in [0.4, 0.5) is 4.39 Å². The first-order chi connectivity index (χ1) is 9.20. The fourth-order valence-electron chi connectivity index (χ4n) is 3.50. The average molecular weight is 328 g/mol. The zero-order valence-electron chi connectivity index (χ0n) is 11.0. The van der Waals surface area contributed by atoms with Gasteiger partial charge in [0.05, 0.1) is 16.7 Å². The van der Waals surface area contributed by atoms with Gasteiger partial charge in [0.1, 0.15) is 5.82 Å². The van der Waals surface area contributed by atoms with Gasteiger partial charge in [0.15, 0.2) is 0 Å². The van der Waals surface area contributed by atoms with Gasteiger partial charge < -0.3 is 10.1 Å². The highest BCUT2D eigenvalue weighted by molar-refractivity contribution is 9.10. The van der Waals surface area contributed by atoms with Crippen LogP contribution in [0.15, 0.2) is 22.7 Å². The monoisotopic (exact) mass is 327 g/mol. The summed E-state index contributed by atoms with van der Waals surface area (Å²) >= 11 is 3.28. The average Bonchev–Trinajstić information content (AvgIpc) is 3.02. The number of hydrogen-bond acceptors (Lipinski definition) is 2. The molecule has 19 heavy (non-hydrogen) atoms. The van der Waals surface area contributed by atoms with Crippen molar-refractivity contribution in [2.45, 2.75) is 44.4 Å². The van der Waals surface area contributed by atoms with Crippen LogP contribution in [0.5, 0.6) is 0 Å². The van der Waals surface area contributed by atoms with E-state index in [0.29, 0.717) is 22.6 Å².